The zero-order valence-electron chi connectivity index (χ0n) is 11.0. The van der Waals surface area contributed by atoms with Crippen molar-refractivity contribution in [2.24, 2.45) is 16.8 Å². The van der Waals surface area contributed by atoms with Gasteiger partial charge in [-0.05, 0) is 32.1 Å². The van der Waals surface area contributed by atoms with Crippen molar-refractivity contribution in [1.29, 1.82) is 0 Å². The van der Waals surface area contributed by atoms with Crippen molar-refractivity contribution in [3.63, 3.8) is 0 Å². The molecule has 2 rings (SSSR count). The van der Waals surface area contributed by atoms with Gasteiger partial charge in [-0.15, -0.1) is 0 Å². The van der Waals surface area contributed by atoms with E-state index in [1.54, 1.807) is 31.1 Å². The molecule has 1 atom stereocenters. The predicted molar refractivity (Wildman–Crippen MR) is 74.4 cm³/mol. The number of hydrazone groups is 1. The lowest BCUT2D eigenvalue weighted by atomic mass is 10.1. The van der Waals surface area contributed by atoms with Crippen LogP contribution in [-0.2, 0) is 9.53 Å². The fourth-order valence-electron chi connectivity index (χ4n) is 1.72. The van der Waals surface area contributed by atoms with E-state index in [1.165, 1.54) is 0 Å². The summed E-state index contributed by atoms with van der Waals surface area (Å²) in [5, 5.41) is 5.84. The quantitative estimate of drug-likeness (QED) is 0.841. The maximum absolute atomic E-state index is 11.8. The van der Waals surface area contributed by atoms with Gasteiger partial charge in [0.05, 0.1) is 11.8 Å². The molecule has 1 aliphatic rings. The van der Waals surface area contributed by atoms with Crippen molar-refractivity contribution in [3.8, 4) is 0 Å². The lowest BCUT2D eigenvalue weighted by molar-refractivity contribution is -0.148. The highest BCUT2D eigenvalue weighted by Gasteiger charge is 2.26. The van der Waals surface area contributed by atoms with Crippen molar-refractivity contribution < 1.29 is 9.53 Å². The van der Waals surface area contributed by atoms with Crippen molar-refractivity contribution >= 4 is 17.5 Å². The highest BCUT2D eigenvalue weighted by Crippen LogP contribution is 2.19. The van der Waals surface area contributed by atoms with Crippen LogP contribution in [0.5, 0.6) is 0 Å². The summed E-state index contributed by atoms with van der Waals surface area (Å²) in [7, 11) is 0. The number of ether oxygens (including phenoxy) is 1. The second kappa shape index (κ2) is 5.56. The van der Waals surface area contributed by atoms with Crippen LogP contribution in [0.15, 0.2) is 47.7 Å². The van der Waals surface area contributed by atoms with Crippen LogP contribution in [0, 0.1) is 5.92 Å². The number of para-hydroxylation sites is 1. The maximum atomic E-state index is 11.8. The Bertz CT molecular complexity index is 509. The molecule has 100 valence electrons. The summed E-state index contributed by atoms with van der Waals surface area (Å²) in [5.74, 6) is -0.750. The summed E-state index contributed by atoms with van der Waals surface area (Å²) in [6, 6.07) is 9.57. The van der Waals surface area contributed by atoms with Gasteiger partial charge < -0.3 is 10.5 Å². The largest absolute Gasteiger partial charge is 0.462 e. The first-order chi connectivity index (χ1) is 9.08. The van der Waals surface area contributed by atoms with Gasteiger partial charge in [0.2, 0.25) is 0 Å². The number of amidine groups is 1. The molecule has 0 aromatic heterocycles. The minimum absolute atomic E-state index is 0.166. The Kier molecular flexibility index (Phi) is 3.85. The Morgan fingerprint density at radius 1 is 1.37 bits per heavy atom. The third-order valence-electron chi connectivity index (χ3n) is 2.59. The van der Waals surface area contributed by atoms with E-state index in [0.29, 0.717) is 0 Å². The molecule has 1 aliphatic heterocycles. The van der Waals surface area contributed by atoms with E-state index in [-0.39, 0.29) is 17.9 Å². The third-order valence-corrected chi connectivity index (χ3v) is 2.59. The van der Waals surface area contributed by atoms with Crippen LogP contribution in [0.4, 0.5) is 5.69 Å². The molecule has 0 bridgehead atoms. The summed E-state index contributed by atoms with van der Waals surface area (Å²) >= 11 is 0. The van der Waals surface area contributed by atoms with Crippen molar-refractivity contribution in [2.45, 2.75) is 20.0 Å². The average molecular weight is 259 g/mol. The van der Waals surface area contributed by atoms with Gasteiger partial charge in [0.1, 0.15) is 11.8 Å². The van der Waals surface area contributed by atoms with Gasteiger partial charge in [0.15, 0.2) is 0 Å². The highest BCUT2D eigenvalue weighted by molar-refractivity contribution is 6.03. The number of carbonyl (C=O) groups excluding carboxylic acids is 1. The van der Waals surface area contributed by atoms with Crippen LogP contribution in [0.25, 0.3) is 0 Å². The molecule has 1 heterocycles. The molecule has 5 heteroatoms. The van der Waals surface area contributed by atoms with Crippen LogP contribution in [0.1, 0.15) is 13.8 Å². The minimum Gasteiger partial charge on any atom is -0.462 e. The van der Waals surface area contributed by atoms with Gasteiger partial charge in [0, 0.05) is 6.20 Å². The van der Waals surface area contributed by atoms with Gasteiger partial charge in [-0.25, -0.2) is 5.01 Å². The Morgan fingerprint density at radius 2 is 2.05 bits per heavy atom. The number of hydrogen-bond donors (Lipinski definition) is 1. The molecule has 1 aromatic rings. The van der Waals surface area contributed by atoms with E-state index < -0.39 is 5.92 Å². The Morgan fingerprint density at radius 3 is 2.63 bits per heavy atom. The standard InChI is InChI=1S/C14H17N3O2/c1-10(2)19-14(18)12-8-9-17(16-13(12)15)11-6-4-3-5-7-11/h3-10,12H,1-2H3,(H2,15,16). The highest BCUT2D eigenvalue weighted by atomic mass is 16.5. The molecule has 2 N–H and O–H groups in total. The number of carbonyl (C=O) groups is 1. The zero-order chi connectivity index (χ0) is 13.8. The topological polar surface area (TPSA) is 67.9 Å². The average Bonchev–Trinajstić information content (AvgIpc) is 2.38. The summed E-state index contributed by atoms with van der Waals surface area (Å²) in [5.41, 5.74) is 6.73. The van der Waals surface area contributed by atoms with Crippen LogP contribution >= 0.6 is 0 Å². The summed E-state index contributed by atoms with van der Waals surface area (Å²) in [6.45, 7) is 3.60. The van der Waals surface area contributed by atoms with Crippen LogP contribution in [0.3, 0.4) is 0 Å². The van der Waals surface area contributed by atoms with Crippen molar-refractivity contribution in [2.75, 3.05) is 5.01 Å². The Hall–Kier alpha value is -2.30. The van der Waals surface area contributed by atoms with E-state index in [9.17, 15) is 4.79 Å². The van der Waals surface area contributed by atoms with Gasteiger partial charge in [-0.3, -0.25) is 4.79 Å². The molecule has 19 heavy (non-hydrogen) atoms. The normalized spacial score (nSPS) is 18.4. The van der Waals surface area contributed by atoms with Gasteiger partial charge >= 0.3 is 5.97 Å². The Labute approximate surface area is 112 Å². The molecule has 0 fully saturated rings. The molecule has 0 saturated heterocycles. The first-order valence-electron chi connectivity index (χ1n) is 6.15. The fraction of sp³-hybridized carbons (Fsp3) is 0.286. The molecule has 0 amide bonds. The number of hydrogen-bond acceptors (Lipinski definition) is 5. The van der Waals surface area contributed by atoms with Gasteiger partial charge in [-0.2, -0.15) is 5.10 Å². The van der Waals surface area contributed by atoms with Crippen molar-refractivity contribution in [1.82, 2.24) is 0 Å². The molecule has 1 aromatic carbocycles. The second-order valence-electron chi connectivity index (χ2n) is 4.51. The molecule has 0 spiro atoms. The molecule has 0 saturated carbocycles. The summed E-state index contributed by atoms with van der Waals surface area (Å²) in [4.78, 5) is 11.8. The molecule has 5 nitrogen and oxygen atoms in total. The molecule has 1 unspecified atom stereocenters. The number of benzene rings is 1. The van der Waals surface area contributed by atoms with Gasteiger partial charge in [0.25, 0.3) is 0 Å². The molecular weight excluding hydrogens is 242 g/mol. The molecular formula is C14H17N3O2. The first-order valence-corrected chi connectivity index (χ1v) is 6.15. The van der Waals surface area contributed by atoms with Crippen LogP contribution in [-0.4, -0.2) is 17.9 Å². The number of rotatable bonds is 3. The SMILES string of the molecule is CC(C)OC(=O)C1C=CN(c2ccccc2)N=C1N. The predicted octanol–water partition coefficient (Wildman–Crippen LogP) is 1.86. The van der Waals surface area contributed by atoms with Crippen molar-refractivity contribution in [3.05, 3.63) is 42.6 Å². The van der Waals surface area contributed by atoms with E-state index in [0.717, 1.165) is 5.69 Å². The van der Waals surface area contributed by atoms with E-state index in [1.807, 2.05) is 30.3 Å². The smallest absolute Gasteiger partial charge is 0.320 e. The number of nitrogens with two attached hydrogens (primary N) is 1. The van der Waals surface area contributed by atoms with E-state index in [4.69, 9.17) is 10.5 Å². The first kappa shape index (κ1) is 13.1. The monoisotopic (exact) mass is 259 g/mol. The third kappa shape index (κ3) is 3.13. The van der Waals surface area contributed by atoms with E-state index in [2.05, 4.69) is 5.10 Å². The lowest BCUT2D eigenvalue weighted by Gasteiger charge is -2.23. The number of esters is 1. The fourth-order valence-corrected chi connectivity index (χ4v) is 1.72. The van der Waals surface area contributed by atoms with Crippen LogP contribution < -0.4 is 10.7 Å². The summed E-state index contributed by atoms with van der Waals surface area (Å²) < 4.78 is 5.13. The van der Waals surface area contributed by atoms with Crippen LogP contribution in [0.2, 0.25) is 0 Å². The molecule has 0 aliphatic carbocycles. The second-order valence-corrected chi connectivity index (χ2v) is 4.51. The van der Waals surface area contributed by atoms with Gasteiger partial charge in [-0.1, -0.05) is 18.2 Å². The minimum atomic E-state index is -0.609. The van der Waals surface area contributed by atoms with E-state index >= 15 is 0 Å². The molecule has 0 radical (unpaired) electrons. The lowest BCUT2D eigenvalue weighted by Crippen LogP contribution is -2.36. The maximum Gasteiger partial charge on any atom is 0.320 e. The number of nitrogens with zero attached hydrogens (tertiary/aromatic N) is 2. The Balaban J connectivity index is 2.12. The summed E-state index contributed by atoms with van der Waals surface area (Å²) in [6.07, 6.45) is 3.25. The number of anilines is 1. The zero-order valence-corrected chi connectivity index (χ0v) is 11.0.